The number of hydrogen-bond acceptors (Lipinski definition) is 4. The van der Waals surface area contributed by atoms with Crippen molar-refractivity contribution in [3.63, 3.8) is 0 Å². The Labute approximate surface area is 138 Å². The van der Waals surface area contributed by atoms with Gasteiger partial charge in [-0.2, -0.15) is 0 Å². The van der Waals surface area contributed by atoms with Gasteiger partial charge in [0.15, 0.2) is 0 Å². The van der Waals surface area contributed by atoms with Crippen LogP contribution >= 0.6 is 0 Å². The lowest BCUT2D eigenvalue weighted by Crippen LogP contribution is -2.45. The van der Waals surface area contributed by atoms with Crippen LogP contribution in [0, 0.1) is 0 Å². The van der Waals surface area contributed by atoms with Crippen molar-refractivity contribution < 1.29 is 14.6 Å². The average Bonchev–Trinajstić information content (AvgIpc) is 2.52. The number of amides is 1. The molecule has 0 bridgehead atoms. The molecule has 1 aromatic carbocycles. The number of ether oxygens (including phenoxy) is 1. The van der Waals surface area contributed by atoms with Gasteiger partial charge in [-0.25, -0.2) is 0 Å². The standard InChI is InChI=1S/C18H28N2O3/c1-4-18(22)19-16-7-5-15(6-8-16)17(21)9-10-20-11-13(2)23-14(3)12-20/h5-8,13-14,17,21H,4,9-12H2,1-3H3,(H,19,22). The van der Waals surface area contributed by atoms with Crippen molar-refractivity contribution in [2.45, 2.75) is 51.9 Å². The predicted molar refractivity (Wildman–Crippen MR) is 91.4 cm³/mol. The highest BCUT2D eigenvalue weighted by Gasteiger charge is 2.22. The zero-order chi connectivity index (χ0) is 16.8. The monoisotopic (exact) mass is 320 g/mol. The summed E-state index contributed by atoms with van der Waals surface area (Å²) in [6, 6.07) is 7.43. The second-order valence-corrected chi connectivity index (χ2v) is 6.35. The number of carbonyl (C=O) groups excluding carboxylic acids is 1. The number of nitrogens with zero attached hydrogens (tertiary/aromatic N) is 1. The van der Waals surface area contributed by atoms with Crippen LogP contribution in [0.25, 0.3) is 0 Å². The van der Waals surface area contributed by atoms with Crippen LogP contribution < -0.4 is 5.32 Å². The van der Waals surface area contributed by atoms with E-state index >= 15 is 0 Å². The lowest BCUT2D eigenvalue weighted by atomic mass is 10.1. The molecule has 2 rings (SSSR count). The molecular formula is C18H28N2O3. The molecule has 1 heterocycles. The van der Waals surface area contributed by atoms with Crippen molar-refractivity contribution in [3.05, 3.63) is 29.8 Å². The van der Waals surface area contributed by atoms with Crippen molar-refractivity contribution in [3.8, 4) is 0 Å². The predicted octanol–water partition coefficient (Wildman–Crippen LogP) is 2.57. The van der Waals surface area contributed by atoms with Gasteiger partial charge in [0.05, 0.1) is 18.3 Å². The zero-order valence-corrected chi connectivity index (χ0v) is 14.3. The number of hydrogen-bond donors (Lipinski definition) is 2. The van der Waals surface area contributed by atoms with Gasteiger partial charge in [0, 0.05) is 31.7 Å². The zero-order valence-electron chi connectivity index (χ0n) is 14.3. The molecule has 1 saturated heterocycles. The molecule has 0 aromatic heterocycles. The van der Waals surface area contributed by atoms with E-state index in [4.69, 9.17) is 4.74 Å². The highest BCUT2D eigenvalue weighted by atomic mass is 16.5. The van der Waals surface area contributed by atoms with Gasteiger partial charge in [-0.05, 0) is 38.0 Å². The number of morpholine rings is 1. The molecule has 2 N–H and O–H groups in total. The largest absolute Gasteiger partial charge is 0.388 e. The minimum atomic E-state index is -0.487. The first-order valence-corrected chi connectivity index (χ1v) is 8.43. The van der Waals surface area contributed by atoms with Gasteiger partial charge in [0.1, 0.15) is 0 Å². The van der Waals surface area contributed by atoms with Crippen LogP contribution in [0.2, 0.25) is 0 Å². The third-order valence-electron chi connectivity index (χ3n) is 4.11. The number of anilines is 1. The normalized spacial score (nSPS) is 23.5. The topological polar surface area (TPSA) is 61.8 Å². The molecule has 0 saturated carbocycles. The molecule has 0 spiro atoms. The summed E-state index contributed by atoms with van der Waals surface area (Å²) in [7, 11) is 0. The summed E-state index contributed by atoms with van der Waals surface area (Å²) in [6.45, 7) is 8.68. The summed E-state index contributed by atoms with van der Waals surface area (Å²) in [5.74, 6) is -0.00569. The highest BCUT2D eigenvalue weighted by Crippen LogP contribution is 2.20. The van der Waals surface area contributed by atoms with E-state index in [0.717, 1.165) is 30.9 Å². The molecular weight excluding hydrogens is 292 g/mol. The van der Waals surface area contributed by atoms with Crippen molar-refractivity contribution in [2.24, 2.45) is 0 Å². The third-order valence-corrected chi connectivity index (χ3v) is 4.11. The minimum Gasteiger partial charge on any atom is -0.388 e. The Morgan fingerprint density at radius 1 is 1.30 bits per heavy atom. The number of aliphatic hydroxyl groups is 1. The summed E-state index contributed by atoms with van der Waals surface area (Å²) < 4.78 is 5.72. The van der Waals surface area contributed by atoms with Crippen molar-refractivity contribution in [1.82, 2.24) is 4.90 Å². The number of aliphatic hydroxyl groups excluding tert-OH is 1. The number of carbonyl (C=O) groups is 1. The molecule has 1 fully saturated rings. The summed E-state index contributed by atoms with van der Waals surface area (Å²) >= 11 is 0. The fourth-order valence-corrected chi connectivity index (χ4v) is 2.98. The molecule has 3 unspecified atom stereocenters. The summed E-state index contributed by atoms with van der Waals surface area (Å²) in [5, 5.41) is 13.2. The molecule has 1 aliphatic heterocycles. The Morgan fingerprint density at radius 2 is 1.91 bits per heavy atom. The number of rotatable bonds is 6. The van der Waals surface area contributed by atoms with Crippen LogP contribution in [0.15, 0.2) is 24.3 Å². The van der Waals surface area contributed by atoms with Gasteiger partial charge in [0.2, 0.25) is 5.91 Å². The molecule has 1 aliphatic rings. The SMILES string of the molecule is CCC(=O)Nc1ccc(C(O)CCN2CC(C)OC(C)C2)cc1. The highest BCUT2D eigenvalue weighted by molar-refractivity contribution is 5.90. The van der Waals surface area contributed by atoms with Gasteiger partial charge in [0.25, 0.3) is 0 Å². The summed E-state index contributed by atoms with van der Waals surface area (Å²) in [4.78, 5) is 13.7. The maximum atomic E-state index is 11.4. The number of benzene rings is 1. The lowest BCUT2D eigenvalue weighted by molar-refractivity contribution is -0.115. The number of nitrogens with one attached hydrogen (secondary N) is 1. The van der Waals surface area contributed by atoms with E-state index in [0.29, 0.717) is 12.8 Å². The molecule has 1 aromatic rings. The van der Waals surface area contributed by atoms with Crippen molar-refractivity contribution >= 4 is 11.6 Å². The molecule has 23 heavy (non-hydrogen) atoms. The third kappa shape index (κ3) is 5.61. The van der Waals surface area contributed by atoms with Gasteiger partial charge in [-0.15, -0.1) is 0 Å². The fraction of sp³-hybridized carbons (Fsp3) is 0.611. The Morgan fingerprint density at radius 3 is 2.48 bits per heavy atom. The first-order valence-electron chi connectivity index (χ1n) is 8.43. The van der Waals surface area contributed by atoms with Gasteiger partial charge >= 0.3 is 0 Å². The molecule has 5 nitrogen and oxygen atoms in total. The fourth-order valence-electron chi connectivity index (χ4n) is 2.98. The van der Waals surface area contributed by atoms with E-state index in [9.17, 15) is 9.90 Å². The van der Waals surface area contributed by atoms with Crippen LogP contribution in [0.1, 0.15) is 45.3 Å². The van der Waals surface area contributed by atoms with Crippen LogP contribution in [0.3, 0.4) is 0 Å². The summed E-state index contributed by atoms with van der Waals surface area (Å²) in [6.07, 6.45) is 1.16. The Balaban J connectivity index is 1.83. The average molecular weight is 320 g/mol. The second-order valence-electron chi connectivity index (χ2n) is 6.35. The Kier molecular flexibility index (Phi) is 6.57. The van der Waals surface area contributed by atoms with Crippen LogP contribution in [0.5, 0.6) is 0 Å². The van der Waals surface area contributed by atoms with E-state index in [1.165, 1.54) is 0 Å². The van der Waals surface area contributed by atoms with E-state index in [1.54, 1.807) is 0 Å². The van der Waals surface area contributed by atoms with Crippen LogP contribution in [-0.4, -0.2) is 47.8 Å². The molecule has 0 radical (unpaired) electrons. The Hall–Kier alpha value is -1.43. The first-order chi connectivity index (χ1) is 11.0. The van der Waals surface area contributed by atoms with Gasteiger partial charge in [-0.3, -0.25) is 9.69 Å². The first kappa shape index (κ1) is 17.9. The van der Waals surface area contributed by atoms with E-state index in [2.05, 4.69) is 24.1 Å². The minimum absolute atomic E-state index is 0.00569. The van der Waals surface area contributed by atoms with E-state index < -0.39 is 6.10 Å². The van der Waals surface area contributed by atoms with Gasteiger partial charge < -0.3 is 15.2 Å². The summed E-state index contributed by atoms with van der Waals surface area (Å²) in [5.41, 5.74) is 1.65. The lowest BCUT2D eigenvalue weighted by Gasteiger charge is -2.35. The van der Waals surface area contributed by atoms with Crippen LogP contribution in [0.4, 0.5) is 5.69 Å². The second kappa shape index (κ2) is 8.43. The molecule has 128 valence electrons. The van der Waals surface area contributed by atoms with Crippen LogP contribution in [-0.2, 0) is 9.53 Å². The quantitative estimate of drug-likeness (QED) is 0.846. The molecule has 1 amide bonds. The molecule has 0 aliphatic carbocycles. The van der Waals surface area contributed by atoms with Crippen molar-refractivity contribution in [2.75, 3.05) is 25.0 Å². The van der Waals surface area contributed by atoms with Crippen molar-refractivity contribution in [1.29, 1.82) is 0 Å². The molecule has 5 heteroatoms. The maximum Gasteiger partial charge on any atom is 0.224 e. The molecule has 3 atom stereocenters. The Bertz CT molecular complexity index is 493. The maximum absolute atomic E-state index is 11.4. The van der Waals surface area contributed by atoms with E-state index in [1.807, 2.05) is 31.2 Å². The smallest absolute Gasteiger partial charge is 0.224 e. The van der Waals surface area contributed by atoms with E-state index in [-0.39, 0.29) is 18.1 Å². The van der Waals surface area contributed by atoms with Gasteiger partial charge in [-0.1, -0.05) is 19.1 Å².